The van der Waals surface area contributed by atoms with Gasteiger partial charge in [0.15, 0.2) is 0 Å². The smallest absolute Gasteiger partial charge is 0.254 e. The normalized spacial score (nSPS) is 18.4. The molecule has 4 heterocycles. The van der Waals surface area contributed by atoms with Crippen molar-refractivity contribution in [2.75, 3.05) is 52.4 Å². The van der Waals surface area contributed by atoms with Crippen LogP contribution in [0, 0.1) is 5.92 Å². The van der Waals surface area contributed by atoms with E-state index in [2.05, 4.69) is 4.90 Å². The highest BCUT2D eigenvalue weighted by molar-refractivity contribution is 5.97. The van der Waals surface area contributed by atoms with E-state index in [1.54, 1.807) is 31.2 Å². The number of aromatic nitrogens is 1. The number of rotatable bonds is 6. The number of hydrogen-bond donors (Lipinski definition) is 1. The molecule has 2 N–H and O–H groups in total. The van der Waals surface area contributed by atoms with Gasteiger partial charge in [0.1, 0.15) is 0 Å². The second kappa shape index (κ2) is 13.8. The molecule has 3 aliphatic heterocycles. The summed E-state index contributed by atoms with van der Waals surface area (Å²) in [6.45, 7) is 7.33. The number of piperidine rings is 2. The van der Waals surface area contributed by atoms with Crippen LogP contribution < -0.4 is 5.73 Å². The molecular formula is C36H42N6O4. The van der Waals surface area contributed by atoms with Gasteiger partial charge in [-0.3, -0.25) is 24.1 Å². The Balaban J connectivity index is 1.07. The number of nitrogens with zero attached hydrogens (tertiary/aromatic N) is 5. The Morgan fingerprint density at radius 3 is 1.78 bits per heavy atom. The third-order valence-electron chi connectivity index (χ3n) is 9.79. The molecule has 10 heteroatoms. The first-order chi connectivity index (χ1) is 22.3. The van der Waals surface area contributed by atoms with Crippen LogP contribution in [0.1, 0.15) is 53.3 Å². The average Bonchev–Trinajstić information content (AvgIpc) is 3.11. The van der Waals surface area contributed by atoms with Crippen LogP contribution in [0.4, 0.5) is 0 Å². The fraction of sp³-hybridized carbons (Fsp3) is 0.417. The Morgan fingerprint density at radius 2 is 1.22 bits per heavy atom. The van der Waals surface area contributed by atoms with Gasteiger partial charge >= 0.3 is 0 Å². The SMILES string of the molecule is CC(=O)N1CCC(C(=O)N2CCC(N3CCN(C(=O)c4cc(-c5ccccc5)nc(-c5ccc(C(N)=O)cc5)c4)CC3)CC2)CC1. The predicted molar refractivity (Wildman–Crippen MR) is 176 cm³/mol. The van der Waals surface area contributed by atoms with Crippen LogP contribution in [-0.4, -0.2) is 107 Å². The van der Waals surface area contributed by atoms with Gasteiger partial charge in [-0.25, -0.2) is 4.98 Å². The largest absolute Gasteiger partial charge is 0.366 e. The molecule has 10 nitrogen and oxygen atoms in total. The van der Waals surface area contributed by atoms with E-state index in [9.17, 15) is 19.2 Å². The molecule has 0 atom stereocenters. The Hall–Kier alpha value is -4.57. The quantitative estimate of drug-likeness (QED) is 0.449. The molecule has 0 saturated carbocycles. The van der Waals surface area contributed by atoms with Crippen molar-refractivity contribution in [3.05, 3.63) is 77.9 Å². The summed E-state index contributed by atoms with van der Waals surface area (Å²) in [5.41, 5.74) is 9.52. The van der Waals surface area contributed by atoms with Gasteiger partial charge in [0, 0.05) is 93.5 Å². The molecule has 3 aliphatic rings. The first-order valence-corrected chi connectivity index (χ1v) is 16.3. The van der Waals surface area contributed by atoms with Crippen molar-refractivity contribution >= 4 is 23.6 Å². The zero-order chi connectivity index (χ0) is 32.2. The molecule has 0 bridgehead atoms. The Bertz CT molecular complexity index is 1570. The summed E-state index contributed by atoms with van der Waals surface area (Å²) in [5, 5.41) is 0. The molecule has 46 heavy (non-hydrogen) atoms. The molecule has 0 unspecified atom stereocenters. The third-order valence-corrected chi connectivity index (χ3v) is 9.79. The van der Waals surface area contributed by atoms with E-state index in [0.29, 0.717) is 54.7 Å². The predicted octanol–water partition coefficient (Wildman–Crippen LogP) is 3.52. The van der Waals surface area contributed by atoms with Gasteiger partial charge in [0.2, 0.25) is 17.7 Å². The first kappa shape index (κ1) is 31.4. The number of nitrogens with two attached hydrogens (primary N) is 1. The lowest BCUT2D eigenvalue weighted by molar-refractivity contribution is -0.141. The number of amides is 4. The van der Waals surface area contributed by atoms with Crippen molar-refractivity contribution in [3.8, 4) is 22.5 Å². The van der Waals surface area contributed by atoms with Gasteiger partial charge in [-0.1, -0.05) is 42.5 Å². The van der Waals surface area contributed by atoms with Crippen LogP contribution in [0.3, 0.4) is 0 Å². The van der Waals surface area contributed by atoms with E-state index >= 15 is 0 Å². The number of piperazine rings is 1. The zero-order valence-corrected chi connectivity index (χ0v) is 26.4. The number of pyridine rings is 1. The van der Waals surface area contributed by atoms with Gasteiger partial charge in [-0.05, 0) is 49.9 Å². The molecule has 0 spiro atoms. The molecule has 2 aromatic carbocycles. The molecule has 3 fully saturated rings. The minimum absolute atomic E-state index is 0.0207. The lowest BCUT2D eigenvalue weighted by Gasteiger charge is -2.43. The summed E-state index contributed by atoms with van der Waals surface area (Å²) in [6.07, 6.45) is 3.38. The van der Waals surface area contributed by atoms with E-state index in [4.69, 9.17) is 10.7 Å². The molecule has 4 amide bonds. The van der Waals surface area contributed by atoms with Crippen molar-refractivity contribution in [1.82, 2.24) is 24.6 Å². The summed E-state index contributed by atoms with van der Waals surface area (Å²) in [5.74, 6) is -0.163. The van der Waals surface area contributed by atoms with Crippen LogP contribution in [-0.2, 0) is 9.59 Å². The lowest BCUT2D eigenvalue weighted by atomic mass is 9.93. The monoisotopic (exact) mass is 622 g/mol. The molecule has 1 aromatic heterocycles. The standard InChI is InChI=1S/C36H42N6O4/c1-25(43)39-15-11-29(12-16-39)35(45)41-17-13-31(14-18-41)40-19-21-42(22-20-40)36(46)30-23-32(26-5-3-2-4-6-26)38-33(24-30)27-7-9-28(10-8-27)34(37)44/h2-10,23-24,29,31H,11-22H2,1H3,(H2,37,44). The number of benzene rings is 2. The number of primary amides is 1. The number of hydrogen-bond acceptors (Lipinski definition) is 6. The average molecular weight is 623 g/mol. The zero-order valence-electron chi connectivity index (χ0n) is 26.4. The van der Waals surface area contributed by atoms with Crippen LogP contribution in [0.15, 0.2) is 66.7 Å². The van der Waals surface area contributed by atoms with Gasteiger partial charge in [0.25, 0.3) is 5.91 Å². The summed E-state index contributed by atoms with van der Waals surface area (Å²) < 4.78 is 0. The maximum Gasteiger partial charge on any atom is 0.254 e. The fourth-order valence-corrected chi connectivity index (χ4v) is 6.99. The van der Waals surface area contributed by atoms with E-state index in [0.717, 1.165) is 63.0 Å². The fourth-order valence-electron chi connectivity index (χ4n) is 6.99. The Morgan fingerprint density at radius 1 is 0.652 bits per heavy atom. The second-order valence-corrected chi connectivity index (χ2v) is 12.6. The van der Waals surface area contributed by atoms with E-state index < -0.39 is 5.91 Å². The van der Waals surface area contributed by atoms with Crippen molar-refractivity contribution in [3.63, 3.8) is 0 Å². The molecule has 0 radical (unpaired) electrons. The molecule has 6 rings (SSSR count). The number of carbonyl (C=O) groups is 4. The highest BCUT2D eigenvalue weighted by Gasteiger charge is 2.34. The molecule has 0 aliphatic carbocycles. The van der Waals surface area contributed by atoms with Crippen LogP contribution in [0.2, 0.25) is 0 Å². The third kappa shape index (κ3) is 6.97. The first-order valence-electron chi connectivity index (χ1n) is 16.3. The summed E-state index contributed by atoms with van der Waals surface area (Å²) in [7, 11) is 0. The van der Waals surface area contributed by atoms with E-state index in [1.165, 1.54) is 0 Å². The summed E-state index contributed by atoms with van der Waals surface area (Å²) in [4.78, 5) is 63.4. The topological polar surface area (TPSA) is 120 Å². The molecular weight excluding hydrogens is 580 g/mol. The highest BCUT2D eigenvalue weighted by atomic mass is 16.2. The molecule has 3 aromatic rings. The maximum absolute atomic E-state index is 13.9. The minimum atomic E-state index is -0.491. The molecule has 240 valence electrons. The lowest BCUT2D eigenvalue weighted by Crippen LogP contribution is -2.55. The summed E-state index contributed by atoms with van der Waals surface area (Å²) in [6, 6.07) is 20.9. The second-order valence-electron chi connectivity index (χ2n) is 12.6. The van der Waals surface area contributed by atoms with Crippen LogP contribution in [0.25, 0.3) is 22.5 Å². The van der Waals surface area contributed by atoms with Crippen LogP contribution >= 0.6 is 0 Å². The number of carbonyl (C=O) groups excluding carboxylic acids is 4. The van der Waals surface area contributed by atoms with Gasteiger partial charge < -0.3 is 20.4 Å². The van der Waals surface area contributed by atoms with Crippen molar-refractivity contribution in [2.24, 2.45) is 11.7 Å². The van der Waals surface area contributed by atoms with Crippen molar-refractivity contribution in [1.29, 1.82) is 0 Å². The maximum atomic E-state index is 13.9. The Kier molecular flexibility index (Phi) is 9.44. The van der Waals surface area contributed by atoms with Crippen molar-refractivity contribution in [2.45, 2.75) is 38.6 Å². The van der Waals surface area contributed by atoms with E-state index in [-0.39, 0.29) is 23.6 Å². The van der Waals surface area contributed by atoms with Crippen LogP contribution in [0.5, 0.6) is 0 Å². The highest BCUT2D eigenvalue weighted by Crippen LogP contribution is 2.28. The number of likely N-dealkylation sites (tertiary alicyclic amines) is 2. The minimum Gasteiger partial charge on any atom is -0.366 e. The van der Waals surface area contributed by atoms with Crippen molar-refractivity contribution < 1.29 is 19.2 Å². The summed E-state index contributed by atoms with van der Waals surface area (Å²) >= 11 is 0. The van der Waals surface area contributed by atoms with Gasteiger partial charge in [-0.15, -0.1) is 0 Å². The molecule has 3 saturated heterocycles. The van der Waals surface area contributed by atoms with Gasteiger partial charge in [-0.2, -0.15) is 0 Å². The van der Waals surface area contributed by atoms with Gasteiger partial charge in [0.05, 0.1) is 11.4 Å². The Labute approximate surface area is 270 Å². The van der Waals surface area contributed by atoms with E-state index in [1.807, 2.05) is 57.2 Å².